The summed E-state index contributed by atoms with van der Waals surface area (Å²) in [5, 5.41) is 3.09. The Kier molecular flexibility index (Phi) is 5.09. The number of nitrogens with zero attached hydrogens (tertiary/aromatic N) is 3. The third kappa shape index (κ3) is 4.24. The van der Waals surface area contributed by atoms with Gasteiger partial charge in [-0.15, -0.1) is 0 Å². The van der Waals surface area contributed by atoms with Crippen LogP contribution in [0.3, 0.4) is 0 Å². The summed E-state index contributed by atoms with van der Waals surface area (Å²) in [7, 11) is -1.15. The van der Waals surface area contributed by atoms with Gasteiger partial charge in [-0.3, -0.25) is 9.88 Å². The normalized spacial score (nSPS) is 18.3. The number of hydrogen-bond donors (Lipinski definition) is 1. The van der Waals surface area contributed by atoms with E-state index in [2.05, 4.69) is 15.2 Å². The monoisotopic (exact) mass is 298 g/mol. The van der Waals surface area contributed by atoms with Crippen molar-refractivity contribution in [1.29, 1.82) is 0 Å². The molecule has 112 valence electrons. The van der Waals surface area contributed by atoms with Gasteiger partial charge in [0.05, 0.1) is 17.6 Å². The van der Waals surface area contributed by atoms with Crippen molar-refractivity contribution in [3.8, 4) is 0 Å². The first kappa shape index (κ1) is 15.4. The molecule has 1 fully saturated rings. The lowest BCUT2D eigenvalue weighted by molar-refractivity contribution is 0.180. The van der Waals surface area contributed by atoms with E-state index in [1.807, 2.05) is 25.2 Å². The summed E-state index contributed by atoms with van der Waals surface area (Å²) < 4.78 is 24.4. The van der Waals surface area contributed by atoms with Crippen LogP contribution in [0.25, 0.3) is 0 Å². The molecule has 0 unspecified atom stereocenters. The predicted octanol–water partition coefficient (Wildman–Crippen LogP) is -0.122. The van der Waals surface area contributed by atoms with Crippen molar-refractivity contribution in [2.24, 2.45) is 0 Å². The molecule has 1 aromatic heterocycles. The van der Waals surface area contributed by atoms with Gasteiger partial charge >= 0.3 is 0 Å². The fourth-order valence-corrected chi connectivity index (χ4v) is 3.17. The van der Waals surface area contributed by atoms with Gasteiger partial charge in [0.15, 0.2) is 0 Å². The summed E-state index contributed by atoms with van der Waals surface area (Å²) in [6, 6.07) is 6.03. The molecule has 0 spiro atoms. The molecule has 0 saturated carbocycles. The molecular weight excluding hydrogens is 276 g/mol. The van der Waals surface area contributed by atoms with Gasteiger partial charge in [-0.25, -0.2) is 8.42 Å². The molecule has 0 aliphatic carbocycles. The smallest absolute Gasteiger partial charge is 0.211 e. The van der Waals surface area contributed by atoms with Gasteiger partial charge in [0.1, 0.15) is 0 Å². The van der Waals surface area contributed by atoms with Gasteiger partial charge in [-0.05, 0) is 19.2 Å². The summed E-state index contributed by atoms with van der Waals surface area (Å²) >= 11 is 0. The molecular formula is C13H22N4O2S. The number of hydrogen-bond acceptors (Lipinski definition) is 5. The average molecular weight is 298 g/mol. The Balaban J connectivity index is 1.91. The molecule has 2 heterocycles. The fraction of sp³-hybridized carbons (Fsp3) is 0.615. The van der Waals surface area contributed by atoms with Crippen molar-refractivity contribution in [2.75, 3.05) is 39.5 Å². The van der Waals surface area contributed by atoms with Crippen molar-refractivity contribution in [3.63, 3.8) is 0 Å². The lowest BCUT2D eigenvalue weighted by atomic mass is 10.2. The van der Waals surface area contributed by atoms with Crippen LogP contribution in [0.1, 0.15) is 11.4 Å². The molecule has 2 rings (SSSR count). The van der Waals surface area contributed by atoms with Crippen LogP contribution >= 0.6 is 0 Å². The molecule has 1 aliphatic heterocycles. The van der Waals surface area contributed by atoms with Crippen LogP contribution in [0.5, 0.6) is 0 Å². The number of sulfonamides is 1. The first-order valence-corrected chi connectivity index (χ1v) is 8.61. The number of pyridine rings is 1. The lowest BCUT2D eigenvalue weighted by Gasteiger charge is -2.32. The highest BCUT2D eigenvalue weighted by molar-refractivity contribution is 7.88. The molecule has 1 aromatic rings. The molecule has 0 atom stereocenters. The summed E-state index contributed by atoms with van der Waals surface area (Å²) in [6.07, 6.45) is 1.27. The lowest BCUT2D eigenvalue weighted by Crippen LogP contribution is -2.47. The first-order valence-electron chi connectivity index (χ1n) is 6.76. The van der Waals surface area contributed by atoms with E-state index in [0.29, 0.717) is 13.1 Å². The second kappa shape index (κ2) is 6.62. The van der Waals surface area contributed by atoms with E-state index in [-0.39, 0.29) is 0 Å². The molecule has 7 heteroatoms. The molecule has 0 amide bonds. The minimum Gasteiger partial charge on any atom is -0.314 e. The maximum Gasteiger partial charge on any atom is 0.211 e. The minimum absolute atomic E-state index is 0.565. The third-order valence-corrected chi connectivity index (χ3v) is 4.71. The topological polar surface area (TPSA) is 65.5 Å². The zero-order chi connectivity index (χ0) is 14.6. The van der Waals surface area contributed by atoms with Gasteiger partial charge < -0.3 is 5.32 Å². The van der Waals surface area contributed by atoms with E-state index in [1.54, 1.807) is 0 Å². The van der Waals surface area contributed by atoms with Gasteiger partial charge in [0.2, 0.25) is 10.0 Å². The van der Waals surface area contributed by atoms with Crippen LogP contribution in [0.15, 0.2) is 18.2 Å². The van der Waals surface area contributed by atoms with Crippen molar-refractivity contribution < 1.29 is 8.42 Å². The number of nitrogens with one attached hydrogen (secondary N) is 1. The van der Waals surface area contributed by atoms with E-state index in [4.69, 9.17) is 0 Å². The molecule has 1 saturated heterocycles. The van der Waals surface area contributed by atoms with E-state index >= 15 is 0 Å². The molecule has 20 heavy (non-hydrogen) atoms. The van der Waals surface area contributed by atoms with Crippen LogP contribution in [0.4, 0.5) is 0 Å². The Labute approximate surface area is 120 Å². The predicted molar refractivity (Wildman–Crippen MR) is 78.7 cm³/mol. The van der Waals surface area contributed by atoms with Crippen molar-refractivity contribution in [1.82, 2.24) is 19.5 Å². The summed E-state index contributed by atoms with van der Waals surface area (Å²) in [5.41, 5.74) is 2.06. The average Bonchev–Trinajstić information content (AvgIpc) is 2.39. The third-order valence-electron chi connectivity index (χ3n) is 3.41. The van der Waals surface area contributed by atoms with Gasteiger partial charge in [-0.2, -0.15) is 4.31 Å². The highest BCUT2D eigenvalue weighted by atomic mass is 32.2. The van der Waals surface area contributed by atoms with Crippen LogP contribution in [0, 0.1) is 0 Å². The van der Waals surface area contributed by atoms with Crippen molar-refractivity contribution in [3.05, 3.63) is 29.6 Å². The minimum atomic E-state index is -3.05. The van der Waals surface area contributed by atoms with Crippen LogP contribution in [-0.4, -0.2) is 62.1 Å². The highest BCUT2D eigenvalue weighted by Gasteiger charge is 2.23. The van der Waals surface area contributed by atoms with Crippen LogP contribution < -0.4 is 5.32 Å². The summed E-state index contributed by atoms with van der Waals surface area (Å²) in [6.45, 7) is 4.17. The fourth-order valence-electron chi connectivity index (χ4n) is 2.35. The van der Waals surface area contributed by atoms with Crippen LogP contribution in [-0.2, 0) is 23.1 Å². The Morgan fingerprint density at radius 3 is 2.45 bits per heavy atom. The SMILES string of the molecule is CNCc1cccc(CN2CCN(S(C)(=O)=O)CC2)n1. The van der Waals surface area contributed by atoms with Crippen molar-refractivity contribution >= 4 is 10.0 Å². The molecule has 0 radical (unpaired) electrons. The zero-order valence-electron chi connectivity index (χ0n) is 12.0. The summed E-state index contributed by atoms with van der Waals surface area (Å²) in [5.74, 6) is 0. The molecule has 0 bridgehead atoms. The second-order valence-electron chi connectivity index (χ2n) is 5.09. The number of rotatable bonds is 5. The molecule has 6 nitrogen and oxygen atoms in total. The maximum atomic E-state index is 11.5. The maximum absolute atomic E-state index is 11.5. The zero-order valence-corrected chi connectivity index (χ0v) is 12.9. The Hall–Kier alpha value is -1.02. The van der Waals surface area contributed by atoms with Gasteiger partial charge in [0.25, 0.3) is 0 Å². The second-order valence-corrected chi connectivity index (χ2v) is 7.07. The molecule has 1 aliphatic rings. The first-order chi connectivity index (χ1) is 9.49. The molecule has 1 N–H and O–H groups in total. The number of aromatic nitrogens is 1. The standard InChI is InChI=1S/C13H22N4O2S/c1-14-10-12-4-3-5-13(15-12)11-16-6-8-17(9-7-16)20(2,18)19/h3-5,14H,6-11H2,1-2H3. The Morgan fingerprint density at radius 2 is 1.85 bits per heavy atom. The van der Waals surface area contributed by atoms with E-state index in [9.17, 15) is 8.42 Å². The van der Waals surface area contributed by atoms with E-state index < -0.39 is 10.0 Å². The van der Waals surface area contributed by atoms with Gasteiger partial charge in [0, 0.05) is 39.3 Å². The largest absolute Gasteiger partial charge is 0.314 e. The van der Waals surface area contributed by atoms with Gasteiger partial charge in [-0.1, -0.05) is 6.07 Å². The Morgan fingerprint density at radius 1 is 1.20 bits per heavy atom. The van der Waals surface area contributed by atoms with Crippen molar-refractivity contribution in [2.45, 2.75) is 13.1 Å². The Bertz CT molecular complexity index is 539. The number of piperazine rings is 1. The van der Waals surface area contributed by atoms with E-state index in [0.717, 1.165) is 37.6 Å². The highest BCUT2D eigenvalue weighted by Crippen LogP contribution is 2.09. The quantitative estimate of drug-likeness (QED) is 0.821. The van der Waals surface area contributed by atoms with Crippen LogP contribution in [0.2, 0.25) is 0 Å². The molecule has 0 aromatic carbocycles. The summed E-state index contributed by atoms with van der Waals surface area (Å²) in [4.78, 5) is 6.83. The van der Waals surface area contributed by atoms with E-state index in [1.165, 1.54) is 10.6 Å².